The molecule has 0 N–H and O–H groups in total. The second kappa shape index (κ2) is 6.26. The third-order valence-electron chi connectivity index (χ3n) is 3.49. The van der Waals surface area contributed by atoms with Crippen LogP contribution in [0.1, 0.15) is 18.1 Å². The Balaban J connectivity index is 2.12. The van der Waals surface area contributed by atoms with Crippen LogP contribution in [0.25, 0.3) is 11.6 Å². The van der Waals surface area contributed by atoms with Crippen LogP contribution in [0.3, 0.4) is 0 Å². The number of benzene rings is 2. The molecule has 0 saturated carbocycles. The molecule has 0 radical (unpaired) electrons. The molecule has 23 heavy (non-hydrogen) atoms. The van der Waals surface area contributed by atoms with Gasteiger partial charge < -0.3 is 4.74 Å². The number of ether oxygens (including phenoxy) is 1. The molecule has 3 rings (SSSR count). The summed E-state index contributed by atoms with van der Waals surface area (Å²) >= 11 is 6.02. The first-order valence-electron chi connectivity index (χ1n) is 7.19. The van der Waals surface area contributed by atoms with Crippen molar-refractivity contribution in [1.29, 1.82) is 0 Å². The second-order valence-electron chi connectivity index (χ2n) is 4.97. The molecule has 1 heterocycles. The van der Waals surface area contributed by atoms with Crippen molar-refractivity contribution < 1.29 is 14.3 Å². The monoisotopic (exact) mass is 327 g/mol. The van der Waals surface area contributed by atoms with Crippen LogP contribution in [0.2, 0.25) is 5.02 Å². The number of nitrogens with zero attached hydrogens (tertiary/aromatic N) is 1. The van der Waals surface area contributed by atoms with E-state index in [2.05, 4.69) is 0 Å². The Morgan fingerprint density at radius 3 is 2.65 bits per heavy atom. The summed E-state index contributed by atoms with van der Waals surface area (Å²) in [6.45, 7) is 1.88. The van der Waals surface area contributed by atoms with Gasteiger partial charge in [-0.15, -0.1) is 0 Å². The van der Waals surface area contributed by atoms with Crippen molar-refractivity contribution in [2.75, 3.05) is 11.5 Å². The molecule has 0 saturated heterocycles. The van der Waals surface area contributed by atoms with Crippen LogP contribution in [0.15, 0.2) is 48.5 Å². The van der Waals surface area contributed by atoms with Crippen molar-refractivity contribution in [2.45, 2.75) is 6.92 Å². The lowest BCUT2D eigenvalue weighted by Gasteiger charge is -2.14. The number of hydrogen-bond donors (Lipinski definition) is 0. The summed E-state index contributed by atoms with van der Waals surface area (Å²) in [6, 6.07) is 14.5. The SMILES string of the molecule is CCOC(=O)N1C(=O)/C(=C\c2ccccc2)c2ccc(Cl)cc21. The molecule has 2 aromatic carbocycles. The van der Waals surface area contributed by atoms with Crippen LogP contribution in [0.5, 0.6) is 0 Å². The van der Waals surface area contributed by atoms with Gasteiger partial charge in [0.1, 0.15) is 0 Å². The first-order valence-corrected chi connectivity index (χ1v) is 7.57. The summed E-state index contributed by atoms with van der Waals surface area (Å²) in [4.78, 5) is 25.9. The van der Waals surface area contributed by atoms with Gasteiger partial charge in [0.2, 0.25) is 0 Å². The molecule has 0 bridgehead atoms. The predicted molar refractivity (Wildman–Crippen MR) is 90.3 cm³/mol. The van der Waals surface area contributed by atoms with Gasteiger partial charge in [-0.2, -0.15) is 0 Å². The molecule has 0 spiro atoms. The molecule has 2 amide bonds. The van der Waals surface area contributed by atoms with Gasteiger partial charge >= 0.3 is 6.09 Å². The highest BCUT2D eigenvalue weighted by molar-refractivity contribution is 6.42. The quantitative estimate of drug-likeness (QED) is 0.769. The van der Waals surface area contributed by atoms with Gasteiger partial charge in [0.05, 0.1) is 17.9 Å². The van der Waals surface area contributed by atoms with Crippen molar-refractivity contribution in [2.24, 2.45) is 0 Å². The molecule has 4 nitrogen and oxygen atoms in total. The Morgan fingerprint density at radius 2 is 1.96 bits per heavy atom. The van der Waals surface area contributed by atoms with Gasteiger partial charge in [0.15, 0.2) is 0 Å². The van der Waals surface area contributed by atoms with Crippen molar-refractivity contribution in [3.05, 3.63) is 64.7 Å². The van der Waals surface area contributed by atoms with E-state index in [-0.39, 0.29) is 6.61 Å². The lowest BCUT2D eigenvalue weighted by atomic mass is 10.0. The number of hydrogen-bond acceptors (Lipinski definition) is 3. The number of imide groups is 1. The molecule has 1 aliphatic rings. The van der Waals surface area contributed by atoms with Crippen molar-refractivity contribution in [3.8, 4) is 0 Å². The van der Waals surface area contributed by atoms with E-state index in [1.54, 1.807) is 31.2 Å². The summed E-state index contributed by atoms with van der Waals surface area (Å²) in [5.41, 5.74) is 2.43. The molecule has 0 aliphatic carbocycles. The molecule has 5 heteroatoms. The van der Waals surface area contributed by atoms with Crippen LogP contribution in [0.4, 0.5) is 10.5 Å². The summed E-state index contributed by atoms with van der Waals surface area (Å²) in [5, 5.41) is 0.451. The van der Waals surface area contributed by atoms with E-state index < -0.39 is 12.0 Å². The molecule has 0 aromatic heterocycles. The van der Waals surface area contributed by atoms with E-state index in [1.165, 1.54) is 0 Å². The fourth-order valence-electron chi connectivity index (χ4n) is 2.49. The highest BCUT2D eigenvalue weighted by Crippen LogP contribution is 2.39. The average Bonchev–Trinajstić information content (AvgIpc) is 2.80. The van der Waals surface area contributed by atoms with Gasteiger partial charge in [-0.25, -0.2) is 9.69 Å². The molecule has 2 aromatic rings. The van der Waals surface area contributed by atoms with Crippen LogP contribution in [-0.2, 0) is 9.53 Å². The van der Waals surface area contributed by atoms with Gasteiger partial charge in [0.25, 0.3) is 5.91 Å². The van der Waals surface area contributed by atoms with Crippen LogP contribution in [0, 0.1) is 0 Å². The molecule has 116 valence electrons. The smallest absolute Gasteiger partial charge is 0.421 e. The number of amides is 2. The standard InChI is InChI=1S/C18H14ClNO3/c1-2-23-18(22)20-16-11-13(19)8-9-14(16)15(17(20)21)10-12-6-4-3-5-7-12/h3-11H,2H2,1H3/b15-10-. The minimum atomic E-state index is -0.697. The average molecular weight is 328 g/mol. The van der Waals surface area contributed by atoms with Crippen LogP contribution >= 0.6 is 11.6 Å². The van der Waals surface area contributed by atoms with Crippen molar-refractivity contribution in [3.63, 3.8) is 0 Å². The molecule has 1 aliphatic heterocycles. The highest BCUT2D eigenvalue weighted by atomic mass is 35.5. The maximum Gasteiger partial charge on any atom is 0.421 e. The Labute approximate surface area is 138 Å². The Hall–Kier alpha value is -2.59. The zero-order valence-corrected chi connectivity index (χ0v) is 13.2. The number of rotatable bonds is 2. The number of carbonyl (C=O) groups is 2. The second-order valence-corrected chi connectivity index (χ2v) is 5.41. The van der Waals surface area contributed by atoms with E-state index in [0.29, 0.717) is 21.8 Å². The maximum absolute atomic E-state index is 12.7. The fourth-order valence-corrected chi connectivity index (χ4v) is 2.65. The molecule has 0 atom stereocenters. The normalized spacial score (nSPS) is 15.0. The largest absolute Gasteiger partial charge is 0.449 e. The third-order valence-corrected chi connectivity index (χ3v) is 3.72. The predicted octanol–water partition coefficient (Wildman–Crippen LogP) is 4.38. The minimum absolute atomic E-state index is 0.191. The lowest BCUT2D eigenvalue weighted by Crippen LogP contribution is -2.34. The van der Waals surface area contributed by atoms with Crippen molar-refractivity contribution in [1.82, 2.24) is 0 Å². The number of anilines is 1. The Morgan fingerprint density at radius 1 is 1.22 bits per heavy atom. The Kier molecular flexibility index (Phi) is 4.17. The van der Waals surface area contributed by atoms with Gasteiger partial charge in [0, 0.05) is 10.6 Å². The van der Waals surface area contributed by atoms with E-state index in [9.17, 15) is 9.59 Å². The van der Waals surface area contributed by atoms with Gasteiger partial charge in [-0.3, -0.25) is 4.79 Å². The van der Waals surface area contributed by atoms with Crippen LogP contribution in [-0.4, -0.2) is 18.6 Å². The van der Waals surface area contributed by atoms with Gasteiger partial charge in [-0.05, 0) is 30.7 Å². The molecule has 0 fully saturated rings. The van der Waals surface area contributed by atoms with E-state index in [1.807, 2.05) is 30.3 Å². The first-order chi connectivity index (χ1) is 11.1. The van der Waals surface area contributed by atoms with E-state index in [0.717, 1.165) is 10.5 Å². The zero-order chi connectivity index (χ0) is 16.4. The van der Waals surface area contributed by atoms with Crippen molar-refractivity contribution >= 4 is 40.9 Å². The number of fused-ring (bicyclic) bond motifs is 1. The molecule has 0 unspecified atom stereocenters. The zero-order valence-electron chi connectivity index (χ0n) is 12.5. The van der Waals surface area contributed by atoms with E-state index in [4.69, 9.17) is 16.3 Å². The number of carbonyl (C=O) groups excluding carboxylic acids is 2. The fraction of sp³-hybridized carbons (Fsp3) is 0.111. The first kappa shape index (κ1) is 15.3. The molecular weight excluding hydrogens is 314 g/mol. The number of halogens is 1. The third kappa shape index (κ3) is 2.85. The Bertz CT molecular complexity index is 799. The summed E-state index contributed by atoms with van der Waals surface area (Å²) in [5.74, 6) is -0.412. The molecular formula is C18H14ClNO3. The summed E-state index contributed by atoms with van der Waals surface area (Å²) < 4.78 is 4.99. The topological polar surface area (TPSA) is 46.6 Å². The highest BCUT2D eigenvalue weighted by Gasteiger charge is 2.37. The summed E-state index contributed by atoms with van der Waals surface area (Å²) in [7, 11) is 0. The van der Waals surface area contributed by atoms with Crippen LogP contribution < -0.4 is 4.90 Å². The maximum atomic E-state index is 12.7. The van der Waals surface area contributed by atoms with E-state index >= 15 is 0 Å². The summed E-state index contributed by atoms with van der Waals surface area (Å²) in [6.07, 6.45) is 1.06. The minimum Gasteiger partial charge on any atom is -0.449 e. The van der Waals surface area contributed by atoms with Gasteiger partial charge in [-0.1, -0.05) is 48.0 Å². The lowest BCUT2D eigenvalue weighted by molar-refractivity contribution is -0.112.